The van der Waals surface area contributed by atoms with Crippen LogP contribution in [-0.4, -0.2) is 40.8 Å². The Kier molecular flexibility index (Phi) is 6.68. The number of nitrogens with zero attached hydrogens (tertiary/aromatic N) is 1. The second kappa shape index (κ2) is 10.2. The molecular formula is C29H26ClN3O2. The molecule has 0 aliphatic carbocycles. The Morgan fingerprint density at radius 2 is 1.71 bits per heavy atom. The van der Waals surface area contributed by atoms with Crippen LogP contribution in [0.3, 0.4) is 0 Å². The molecular weight excluding hydrogens is 458 g/mol. The van der Waals surface area contributed by atoms with Crippen molar-refractivity contribution < 1.29 is 9.59 Å². The molecule has 2 N–H and O–H groups in total. The van der Waals surface area contributed by atoms with E-state index in [9.17, 15) is 9.59 Å². The van der Waals surface area contributed by atoms with Gasteiger partial charge < -0.3 is 15.2 Å². The lowest BCUT2D eigenvalue weighted by atomic mass is 9.98. The van der Waals surface area contributed by atoms with Gasteiger partial charge in [-0.05, 0) is 41.3 Å². The first-order valence-electron chi connectivity index (χ1n) is 11.7. The van der Waals surface area contributed by atoms with E-state index in [4.69, 9.17) is 11.6 Å². The van der Waals surface area contributed by atoms with Gasteiger partial charge in [0.1, 0.15) is 6.04 Å². The summed E-state index contributed by atoms with van der Waals surface area (Å²) in [5, 5.41) is 4.37. The lowest BCUT2D eigenvalue weighted by Gasteiger charge is -2.30. The van der Waals surface area contributed by atoms with E-state index >= 15 is 0 Å². The second-order valence-corrected chi connectivity index (χ2v) is 9.11. The first kappa shape index (κ1) is 22.9. The van der Waals surface area contributed by atoms with Gasteiger partial charge in [-0.1, -0.05) is 78.3 Å². The Morgan fingerprint density at radius 1 is 0.971 bits per heavy atom. The highest BCUT2D eigenvalue weighted by Gasteiger charge is 2.29. The van der Waals surface area contributed by atoms with Crippen molar-refractivity contribution in [3.8, 4) is 0 Å². The number of carbonyl (C=O) groups excluding carboxylic acids is 2. The highest BCUT2D eigenvalue weighted by atomic mass is 35.5. The van der Waals surface area contributed by atoms with E-state index in [0.29, 0.717) is 30.1 Å². The molecule has 1 unspecified atom stereocenters. The topological polar surface area (TPSA) is 65.2 Å². The summed E-state index contributed by atoms with van der Waals surface area (Å²) in [6.45, 7) is 1.11. The first-order valence-corrected chi connectivity index (χ1v) is 12.1. The van der Waals surface area contributed by atoms with Crippen molar-refractivity contribution in [1.29, 1.82) is 0 Å². The molecule has 2 amide bonds. The lowest BCUT2D eigenvalue weighted by Crippen LogP contribution is -2.50. The summed E-state index contributed by atoms with van der Waals surface area (Å²) in [6, 6.07) is 24.3. The van der Waals surface area contributed by atoms with Crippen LogP contribution in [0.2, 0.25) is 5.02 Å². The highest BCUT2D eigenvalue weighted by molar-refractivity contribution is 6.33. The number of rotatable bonds is 6. The van der Waals surface area contributed by atoms with Crippen LogP contribution in [-0.2, 0) is 11.2 Å². The Balaban J connectivity index is 1.39. The molecule has 1 aromatic heterocycles. The van der Waals surface area contributed by atoms with E-state index in [0.717, 1.165) is 22.9 Å². The minimum absolute atomic E-state index is 0.0981. The zero-order chi connectivity index (χ0) is 24.2. The van der Waals surface area contributed by atoms with Crippen LogP contribution in [0.25, 0.3) is 16.5 Å². The van der Waals surface area contributed by atoms with Crippen LogP contribution in [0.1, 0.15) is 27.9 Å². The number of benzene rings is 3. The van der Waals surface area contributed by atoms with E-state index in [2.05, 4.69) is 28.5 Å². The average molecular weight is 484 g/mol. The van der Waals surface area contributed by atoms with Gasteiger partial charge in [0.05, 0.1) is 10.6 Å². The molecule has 4 aromatic rings. The van der Waals surface area contributed by atoms with Gasteiger partial charge in [0.2, 0.25) is 5.91 Å². The van der Waals surface area contributed by atoms with Crippen LogP contribution in [0, 0.1) is 0 Å². The number of carbonyl (C=O) groups is 2. The molecule has 2 heterocycles. The lowest BCUT2D eigenvalue weighted by molar-refractivity contribution is -0.132. The van der Waals surface area contributed by atoms with Crippen molar-refractivity contribution >= 4 is 39.9 Å². The summed E-state index contributed by atoms with van der Waals surface area (Å²) in [7, 11) is 0. The zero-order valence-corrected chi connectivity index (χ0v) is 20.0. The van der Waals surface area contributed by atoms with Crippen molar-refractivity contribution in [1.82, 2.24) is 15.2 Å². The maximum atomic E-state index is 13.7. The van der Waals surface area contributed by atoms with Crippen molar-refractivity contribution in [3.63, 3.8) is 0 Å². The van der Waals surface area contributed by atoms with Crippen molar-refractivity contribution in [2.24, 2.45) is 0 Å². The Morgan fingerprint density at radius 3 is 2.49 bits per heavy atom. The molecule has 0 saturated heterocycles. The maximum Gasteiger partial charge on any atom is 0.253 e. The maximum absolute atomic E-state index is 13.7. The van der Waals surface area contributed by atoms with Gasteiger partial charge in [0.15, 0.2) is 0 Å². The van der Waals surface area contributed by atoms with Gasteiger partial charge in [-0.2, -0.15) is 0 Å². The van der Waals surface area contributed by atoms with E-state index in [1.165, 1.54) is 11.1 Å². The minimum Gasteiger partial charge on any atom is -0.361 e. The van der Waals surface area contributed by atoms with Gasteiger partial charge in [-0.3, -0.25) is 9.59 Å². The van der Waals surface area contributed by atoms with Crippen molar-refractivity contribution in [2.75, 3.05) is 13.1 Å². The Labute approximate surface area is 209 Å². The number of halogens is 1. The fourth-order valence-corrected chi connectivity index (χ4v) is 4.83. The molecule has 0 saturated carbocycles. The molecule has 1 atom stereocenters. The molecule has 5 nitrogen and oxygen atoms in total. The molecule has 176 valence electrons. The quantitative estimate of drug-likeness (QED) is 0.381. The SMILES string of the molecule is O=C(NC(Cc1c[nH]c2ccccc12)C(=O)N1CC=C(c2ccccc2)CC1)c1ccccc1Cl. The number of amides is 2. The average Bonchev–Trinajstić information content (AvgIpc) is 3.31. The summed E-state index contributed by atoms with van der Waals surface area (Å²) < 4.78 is 0. The zero-order valence-electron chi connectivity index (χ0n) is 19.2. The third-order valence-corrected chi connectivity index (χ3v) is 6.82. The van der Waals surface area contributed by atoms with Gasteiger partial charge in [0.25, 0.3) is 5.91 Å². The molecule has 1 aliphatic rings. The Hall–Kier alpha value is -3.83. The van der Waals surface area contributed by atoms with Crippen LogP contribution in [0.5, 0.6) is 0 Å². The van der Waals surface area contributed by atoms with Crippen LogP contribution >= 0.6 is 11.6 Å². The Bertz CT molecular complexity index is 1390. The third kappa shape index (κ3) is 5.00. The van der Waals surface area contributed by atoms with Gasteiger partial charge >= 0.3 is 0 Å². The summed E-state index contributed by atoms with van der Waals surface area (Å²) in [6.07, 6.45) is 5.17. The normalized spacial score (nSPS) is 14.4. The molecule has 0 fully saturated rings. The van der Waals surface area contributed by atoms with E-state index in [1.54, 1.807) is 24.3 Å². The largest absolute Gasteiger partial charge is 0.361 e. The van der Waals surface area contributed by atoms with Crippen LogP contribution < -0.4 is 5.32 Å². The predicted molar refractivity (Wildman–Crippen MR) is 140 cm³/mol. The number of aromatic nitrogens is 1. The molecule has 1 aliphatic heterocycles. The number of hydrogen-bond acceptors (Lipinski definition) is 2. The summed E-state index contributed by atoms with van der Waals surface area (Å²) >= 11 is 6.26. The highest BCUT2D eigenvalue weighted by Crippen LogP contribution is 2.24. The number of fused-ring (bicyclic) bond motifs is 1. The van der Waals surface area contributed by atoms with Gasteiger partial charge in [-0.25, -0.2) is 0 Å². The van der Waals surface area contributed by atoms with Crippen LogP contribution in [0.15, 0.2) is 91.1 Å². The smallest absolute Gasteiger partial charge is 0.253 e. The third-order valence-electron chi connectivity index (χ3n) is 6.49. The van der Waals surface area contributed by atoms with Crippen molar-refractivity contribution in [2.45, 2.75) is 18.9 Å². The fourth-order valence-electron chi connectivity index (χ4n) is 4.61. The van der Waals surface area contributed by atoms with E-state index in [1.807, 2.05) is 53.6 Å². The standard InChI is InChI=1S/C29H26ClN3O2/c30-25-12-6-4-11-24(25)28(34)32-27(18-22-19-31-26-13-7-5-10-23(22)26)29(35)33-16-14-21(15-17-33)20-8-2-1-3-9-20/h1-14,19,27,31H,15-18H2,(H,32,34). The van der Waals surface area contributed by atoms with E-state index in [-0.39, 0.29) is 11.8 Å². The number of aromatic amines is 1. The van der Waals surface area contributed by atoms with Gasteiger partial charge in [0, 0.05) is 36.6 Å². The summed E-state index contributed by atoms with van der Waals surface area (Å²) in [5.74, 6) is -0.453. The monoisotopic (exact) mass is 483 g/mol. The predicted octanol–water partition coefficient (Wildman–Crippen LogP) is 5.48. The number of H-pyrrole nitrogens is 1. The number of para-hydroxylation sites is 1. The molecule has 0 spiro atoms. The first-order chi connectivity index (χ1) is 17.1. The fraction of sp³-hybridized carbons (Fsp3) is 0.172. The number of nitrogens with one attached hydrogen (secondary N) is 2. The van der Waals surface area contributed by atoms with Crippen molar-refractivity contribution in [3.05, 3.63) is 113 Å². The minimum atomic E-state index is -0.718. The van der Waals surface area contributed by atoms with E-state index < -0.39 is 6.04 Å². The molecule has 0 bridgehead atoms. The molecule has 0 radical (unpaired) electrons. The molecule has 3 aromatic carbocycles. The second-order valence-electron chi connectivity index (χ2n) is 8.70. The summed E-state index contributed by atoms with van der Waals surface area (Å²) in [5.41, 5.74) is 4.76. The molecule has 35 heavy (non-hydrogen) atoms. The number of hydrogen-bond donors (Lipinski definition) is 2. The molecule has 5 rings (SSSR count). The van der Waals surface area contributed by atoms with Crippen LogP contribution in [0.4, 0.5) is 0 Å². The van der Waals surface area contributed by atoms with Gasteiger partial charge in [-0.15, -0.1) is 0 Å². The molecule has 6 heteroatoms. The summed E-state index contributed by atoms with van der Waals surface area (Å²) in [4.78, 5) is 31.9.